The zero-order chi connectivity index (χ0) is 25.8. The first-order valence-corrected chi connectivity index (χ1v) is 12.3. The van der Waals surface area contributed by atoms with Crippen molar-refractivity contribution in [2.45, 2.75) is 42.8 Å². The van der Waals surface area contributed by atoms with Crippen LogP contribution in [0.3, 0.4) is 0 Å². The van der Waals surface area contributed by atoms with Gasteiger partial charge in [0.1, 0.15) is 18.1 Å². The number of ether oxygens (including phenoxy) is 1. The number of hydrogen-bond acceptors (Lipinski definition) is 8. The summed E-state index contributed by atoms with van der Waals surface area (Å²) in [5, 5.41) is 26.0. The Labute approximate surface area is 214 Å². The summed E-state index contributed by atoms with van der Waals surface area (Å²) < 4.78 is 37.1. The molecule has 0 saturated carbocycles. The van der Waals surface area contributed by atoms with Gasteiger partial charge in [0.05, 0.1) is 18.1 Å². The highest BCUT2D eigenvalue weighted by molar-refractivity contribution is 7.99. The molecule has 1 N–H and O–H groups in total. The number of carboxylic acid groups (broad SMARTS) is 1. The summed E-state index contributed by atoms with van der Waals surface area (Å²) in [5.74, 6) is -2.69. The van der Waals surface area contributed by atoms with Gasteiger partial charge in [0.15, 0.2) is 29.1 Å². The maximum Gasteiger partial charge on any atom is 0.327 e. The number of pyridine rings is 1. The number of hydrogen-bond donors (Lipinski definition) is 1. The minimum atomic E-state index is -1.16. The molecule has 3 heterocycles. The highest BCUT2D eigenvalue weighted by Gasteiger charge is 2.21. The van der Waals surface area contributed by atoms with Crippen molar-refractivity contribution in [2.75, 3.05) is 0 Å². The molecule has 13 heteroatoms. The largest absolute Gasteiger partial charge is 0.482 e. The van der Waals surface area contributed by atoms with Gasteiger partial charge < -0.3 is 9.84 Å². The van der Waals surface area contributed by atoms with Gasteiger partial charge in [0.2, 0.25) is 0 Å². The minimum absolute atomic E-state index is 0.000973. The van der Waals surface area contributed by atoms with Crippen molar-refractivity contribution in [3.05, 3.63) is 72.5 Å². The number of nitrogens with zero attached hydrogens (tertiary/aromatic N) is 7. The van der Waals surface area contributed by atoms with Gasteiger partial charge in [-0.1, -0.05) is 23.9 Å². The Hall–Kier alpha value is -4.13. The average molecular weight is 526 g/mol. The van der Waals surface area contributed by atoms with Crippen molar-refractivity contribution in [1.29, 1.82) is 0 Å². The number of rotatable bonds is 9. The van der Waals surface area contributed by atoms with E-state index in [0.29, 0.717) is 11.0 Å². The lowest BCUT2D eigenvalue weighted by Gasteiger charge is -2.16. The minimum Gasteiger partial charge on any atom is -0.482 e. The van der Waals surface area contributed by atoms with Crippen molar-refractivity contribution in [3.63, 3.8) is 0 Å². The molecule has 0 spiro atoms. The van der Waals surface area contributed by atoms with Gasteiger partial charge in [0.25, 0.3) is 0 Å². The molecule has 1 aliphatic rings. The second-order valence-corrected chi connectivity index (χ2v) is 9.37. The van der Waals surface area contributed by atoms with Crippen molar-refractivity contribution in [2.24, 2.45) is 0 Å². The fraction of sp³-hybridized carbons (Fsp3) is 0.250. The van der Waals surface area contributed by atoms with E-state index in [9.17, 15) is 13.6 Å². The summed E-state index contributed by atoms with van der Waals surface area (Å²) in [7, 11) is 0. The van der Waals surface area contributed by atoms with Crippen LogP contribution < -0.4 is 4.74 Å². The number of benzene rings is 1. The van der Waals surface area contributed by atoms with Crippen LogP contribution in [0.15, 0.2) is 60.2 Å². The van der Waals surface area contributed by atoms with E-state index in [1.54, 1.807) is 34.8 Å². The normalized spacial score (nSPS) is 15.1. The number of thioether (sulfide) groups is 1. The zero-order valence-electron chi connectivity index (χ0n) is 19.4. The third kappa shape index (κ3) is 5.66. The standard InChI is InChI=1S/C24H21F2N7O3S/c25-18-10-21(19(26)9-17(18)20-12-28-32(31-20)13-23(34)35)36-14-22-29-30-24(37-16-6-2-1-3-7-16)33(22)15-5-4-8-27-11-15/h2,4-6,8-12,16H,1,3,7,13-14H2,(H,34,35). The molecule has 1 aromatic carbocycles. The average Bonchev–Trinajstić information content (AvgIpc) is 3.52. The van der Waals surface area contributed by atoms with Crippen LogP contribution in [-0.2, 0) is 17.9 Å². The van der Waals surface area contributed by atoms with Crippen molar-refractivity contribution in [1.82, 2.24) is 34.7 Å². The molecular weight excluding hydrogens is 504 g/mol. The van der Waals surface area contributed by atoms with E-state index in [4.69, 9.17) is 9.84 Å². The lowest BCUT2D eigenvalue weighted by Crippen LogP contribution is -2.11. The molecule has 0 bridgehead atoms. The molecule has 0 fully saturated rings. The van der Waals surface area contributed by atoms with Gasteiger partial charge in [-0.25, -0.2) is 8.78 Å². The van der Waals surface area contributed by atoms with Gasteiger partial charge in [-0.05, 0) is 37.5 Å². The van der Waals surface area contributed by atoms with E-state index in [0.717, 1.165) is 41.9 Å². The quantitative estimate of drug-likeness (QED) is 0.322. The van der Waals surface area contributed by atoms with E-state index in [-0.39, 0.29) is 28.9 Å². The Morgan fingerprint density at radius 1 is 1.22 bits per heavy atom. The Bertz CT molecular complexity index is 1440. The fourth-order valence-electron chi connectivity index (χ4n) is 3.83. The molecule has 0 radical (unpaired) electrons. The van der Waals surface area contributed by atoms with Crippen LogP contribution in [0.5, 0.6) is 5.75 Å². The van der Waals surface area contributed by atoms with Crippen molar-refractivity contribution in [3.8, 4) is 22.7 Å². The number of carboxylic acids is 1. The van der Waals surface area contributed by atoms with E-state index in [1.165, 1.54) is 6.20 Å². The molecule has 10 nitrogen and oxygen atoms in total. The molecule has 190 valence electrons. The van der Waals surface area contributed by atoms with Crippen LogP contribution in [0.1, 0.15) is 25.1 Å². The van der Waals surface area contributed by atoms with Gasteiger partial charge >= 0.3 is 5.97 Å². The first kappa shape index (κ1) is 24.6. The van der Waals surface area contributed by atoms with Gasteiger partial charge in [0, 0.05) is 23.1 Å². The molecule has 0 aliphatic heterocycles. The number of allylic oxidation sites excluding steroid dienone is 1. The number of aliphatic carboxylic acids is 1. The van der Waals surface area contributed by atoms with Crippen molar-refractivity contribution < 1.29 is 23.4 Å². The third-order valence-electron chi connectivity index (χ3n) is 5.54. The molecule has 1 atom stereocenters. The molecule has 5 rings (SSSR count). The summed E-state index contributed by atoms with van der Waals surface area (Å²) in [6.45, 7) is -0.673. The molecule has 3 aromatic heterocycles. The molecular formula is C24H21F2N7O3S. The molecule has 4 aromatic rings. The van der Waals surface area contributed by atoms with Crippen LogP contribution >= 0.6 is 11.8 Å². The lowest BCUT2D eigenvalue weighted by molar-refractivity contribution is -0.138. The fourth-order valence-corrected chi connectivity index (χ4v) is 4.98. The summed E-state index contributed by atoms with van der Waals surface area (Å²) in [5.41, 5.74) is 0.554. The second-order valence-electron chi connectivity index (χ2n) is 8.17. The predicted molar refractivity (Wildman–Crippen MR) is 129 cm³/mol. The Morgan fingerprint density at radius 3 is 2.86 bits per heavy atom. The maximum absolute atomic E-state index is 14.9. The molecule has 1 unspecified atom stereocenters. The monoisotopic (exact) mass is 525 g/mol. The number of halogens is 2. The van der Waals surface area contributed by atoms with E-state index < -0.39 is 24.1 Å². The first-order valence-electron chi connectivity index (χ1n) is 11.4. The summed E-state index contributed by atoms with van der Waals surface area (Å²) in [6.07, 6.45) is 12.0. The SMILES string of the molecule is O=C(O)Cn1ncc(-c2cc(F)c(OCc3nnc(SC4C=CCCC4)n3-c3cccnc3)cc2F)n1. The Morgan fingerprint density at radius 2 is 2.11 bits per heavy atom. The van der Waals surface area contributed by atoms with Crippen molar-refractivity contribution >= 4 is 17.7 Å². The summed E-state index contributed by atoms with van der Waals surface area (Å²) in [6, 6.07) is 5.49. The smallest absolute Gasteiger partial charge is 0.327 e. The lowest BCUT2D eigenvalue weighted by atomic mass is 10.1. The third-order valence-corrected chi connectivity index (χ3v) is 6.71. The highest BCUT2D eigenvalue weighted by atomic mass is 32.2. The maximum atomic E-state index is 14.9. The van der Waals surface area contributed by atoms with E-state index in [2.05, 4.69) is 37.5 Å². The predicted octanol–water partition coefficient (Wildman–Crippen LogP) is 4.06. The van der Waals surface area contributed by atoms with Crippen LogP contribution in [0.25, 0.3) is 16.9 Å². The van der Waals surface area contributed by atoms with E-state index in [1.807, 2.05) is 6.07 Å². The van der Waals surface area contributed by atoms with Crippen LogP contribution in [0.2, 0.25) is 0 Å². The van der Waals surface area contributed by atoms with Crippen LogP contribution in [-0.4, -0.2) is 51.1 Å². The summed E-state index contributed by atoms with van der Waals surface area (Å²) in [4.78, 5) is 15.9. The Balaban J connectivity index is 1.38. The molecule has 1 aliphatic carbocycles. The van der Waals surface area contributed by atoms with Crippen LogP contribution in [0.4, 0.5) is 8.78 Å². The molecule has 37 heavy (non-hydrogen) atoms. The van der Waals surface area contributed by atoms with Gasteiger partial charge in [-0.15, -0.1) is 10.2 Å². The Kier molecular flexibility index (Phi) is 7.21. The number of carbonyl (C=O) groups is 1. The van der Waals surface area contributed by atoms with Gasteiger partial charge in [-0.2, -0.15) is 15.0 Å². The zero-order valence-corrected chi connectivity index (χ0v) is 20.2. The van der Waals surface area contributed by atoms with Gasteiger partial charge in [-0.3, -0.25) is 14.3 Å². The van der Waals surface area contributed by atoms with Crippen LogP contribution in [0, 0.1) is 11.6 Å². The first-order chi connectivity index (χ1) is 18.0. The number of aromatic nitrogens is 7. The summed E-state index contributed by atoms with van der Waals surface area (Å²) >= 11 is 1.57. The molecule has 0 amide bonds. The topological polar surface area (TPSA) is 121 Å². The highest BCUT2D eigenvalue weighted by Crippen LogP contribution is 2.32. The molecule has 0 saturated heterocycles. The second kappa shape index (κ2) is 10.9. The van der Waals surface area contributed by atoms with E-state index >= 15 is 0 Å².